The lowest BCUT2D eigenvalue weighted by Crippen LogP contribution is -2.54. The lowest BCUT2D eigenvalue weighted by Gasteiger charge is -2.29. The van der Waals surface area contributed by atoms with E-state index in [0.717, 1.165) is 0 Å². The third-order valence-corrected chi connectivity index (χ3v) is 6.66. The van der Waals surface area contributed by atoms with Gasteiger partial charge in [0.05, 0.1) is 0 Å². The van der Waals surface area contributed by atoms with Crippen LogP contribution in [0.15, 0.2) is 103 Å². The predicted octanol–water partition coefficient (Wildman–Crippen LogP) is 5.08. The van der Waals surface area contributed by atoms with E-state index in [2.05, 4.69) is 103 Å². The lowest BCUT2D eigenvalue weighted by atomic mass is 9.33. The van der Waals surface area contributed by atoms with E-state index in [1.54, 1.807) is 0 Å². The quantitative estimate of drug-likeness (QED) is 0.282. The first kappa shape index (κ1) is 15.4. The fourth-order valence-corrected chi connectivity index (χ4v) is 5.50. The largest absolute Gasteiger partial charge is 0.242 e. The highest BCUT2D eigenvalue weighted by Gasteiger charge is 2.32. The molecule has 0 nitrogen and oxygen atoms in total. The van der Waals surface area contributed by atoms with Crippen molar-refractivity contribution in [3.8, 4) is 11.1 Å². The zero-order valence-electron chi connectivity index (χ0n) is 15.9. The average molecular weight is 364 g/mol. The number of hydrogen-bond donors (Lipinski definition) is 0. The fourth-order valence-electron chi connectivity index (χ4n) is 5.50. The molecule has 0 aliphatic carbocycles. The van der Waals surface area contributed by atoms with Crippen LogP contribution >= 0.6 is 0 Å². The highest BCUT2D eigenvalue weighted by Crippen LogP contribution is 2.39. The first-order valence-corrected chi connectivity index (χ1v) is 10.2. The average Bonchev–Trinajstić information content (AvgIpc) is 2.79. The molecular formula is C28H17B. The number of fused-ring (bicyclic) bond motifs is 2. The Morgan fingerprint density at radius 3 is 2.03 bits per heavy atom. The van der Waals surface area contributed by atoms with Gasteiger partial charge in [0.25, 0.3) is 0 Å². The Morgan fingerprint density at radius 2 is 1.14 bits per heavy atom. The smallest absolute Gasteiger partial charge is 0.0686 e. The number of rotatable bonds is 1. The number of benzene rings is 6. The highest BCUT2D eigenvalue weighted by molar-refractivity contribution is 6.98. The first-order valence-electron chi connectivity index (χ1n) is 10.2. The second-order valence-corrected chi connectivity index (χ2v) is 8.13. The second-order valence-electron chi connectivity index (χ2n) is 8.13. The van der Waals surface area contributed by atoms with Crippen LogP contribution in [0.2, 0.25) is 0 Å². The molecule has 0 saturated heterocycles. The Kier molecular flexibility index (Phi) is 2.91. The Morgan fingerprint density at radius 1 is 0.414 bits per heavy atom. The minimum Gasteiger partial charge on any atom is -0.0686 e. The molecule has 6 aromatic carbocycles. The summed E-state index contributed by atoms with van der Waals surface area (Å²) in [7, 11) is 0. The molecule has 1 heterocycles. The molecule has 1 aliphatic rings. The Labute approximate surface area is 169 Å². The van der Waals surface area contributed by atoms with E-state index in [-0.39, 0.29) is 6.71 Å². The molecule has 0 bridgehead atoms. The van der Waals surface area contributed by atoms with Crippen LogP contribution in [0.3, 0.4) is 0 Å². The minimum absolute atomic E-state index is 0.258. The summed E-state index contributed by atoms with van der Waals surface area (Å²) in [6.45, 7) is 0.258. The van der Waals surface area contributed by atoms with Gasteiger partial charge < -0.3 is 0 Å². The van der Waals surface area contributed by atoms with Crippen molar-refractivity contribution in [2.75, 3.05) is 0 Å². The molecule has 29 heavy (non-hydrogen) atoms. The van der Waals surface area contributed by atoms with E-state index in [1.807, 2.05) is 0 Å². The summed E-state index contributed by atoms with van der Waals surface area (Å²) in [4.78, 5) is 0. The minimum atomic E-state index is 0.258. The van der Waals surface area contributed by atoms with Gasteiger partial charge >= 0.3 is 0 Å². The van der Waals surface area contributed by atoms with E-state index in [4.69, 9.17) is 0 Å². The summed E-state index contributed by atoms with van der Waals surface area (Å²) in [5, 5.41) is 8.25. The topological polar surface area (TPSA) is 0 Å². The maximum absolute atomic E-state index is 2.45. The standard InChI is InChI=1S/C28H17B/c1-2-9-21(10-3-1)29-24-12-5-4-11-22(24)23-16-15-19-14-13-18-7-6-8-20-17-25(29)28(23)27(19)26(18)20/h1-17H. The van der Waals surface area contributed by atoms with E-state index >= 15 is 0 Å². The molecule has 7 rings (SSSR count). The summed E-state index contributed by atoms with van der Waals surface area (Å²) in [5.41, 5.74) is 6.94. The van der Waals surface area contributed by atoms with E-state index in [9.17, 15) is 0 Å². The van der Waals surface area contributed by atoms with Gasteiger partial charge in [0.15, 0.2) is 0 Å². The van der Waals surface area contributed by atoms with Crippen LogP contribution in [0.25, 0.3) is 43.4 Å². The van der Waals surface area contributed by atoms with Gasteiger partial charge in [-0.3, -0.25) is 0 Å². The van der Waals surface area contributed by atoms with Crippen LogP contribution in [-0.4, -0.2) is 6.71 Å². The Bertz CT molecular complexity index is 1550. The van der Waals surface area contributed by atoms with Gasteiger partial charge in [0.2, 0.25) is 6.71 Å². The highest BCUT2D eigenvalue weighted by atomic mass is 14.2. The first-order chi connectivity index (χ1) is 14.4. The van der Waals surface area contributed by atoms with Crippen molar-refractivity contribution in [2.45, 2.75) is 0 Å². The molecule has 0 aromatic heterocycles. The maximum Gasteiger partial charge on any atom is 0.242 e. The molecule has 132 valence electrons. The summed E-state index contributed by atoms with van der Waals surface area (Å²) in [5.74, 6) is 0. The Hall–Kier alpha value is -3.58. The number of hydrogen-bond acceptors (Lipinski definition) is 0. The molecule has 0 fully saturated rings. The van der Waals surface area contributed by atoms with Crippen LogP contribution in [0.1, 0.15) is 0 Å². The van der Waals surface area contributed by atoms with Gasteiger partial charge in [-0.05, 0) is 43.4 Å². The Balaban J connectivity index is 1.76. The van der Waals surface area contributed by atoms with Gasteiger partial charge in [0, 0.05) is 0 Å². The van der Waals surface area contributed by atoms with Crippen LogP contribution in [0.5, 0.6) is 0 Å². The SMILES string of the molecule is c1ccc(B2c3ccccc3-c3ccc4ccc5cccc6cc2c3c4c56)cc1. The lowest BCUT2D eigenvalue weighted by molar-refractivity contribution is 1.68. The van der Waals surface area contributed by atoms with Gasteiger partial charge in [-0.15, -0.1) is 0 Å². The molecule has 0 atom stereocenters. The third kappa shape index (κ3) is 1.95. The molecule has 0 saturated carbocycles. The van der Waals surface area contributed by atoms with Crippen molar-refractivity contribution in [3.05, 3.63) is 103 Å². The van der Waals surface area contributed by atoms with Gasteiger partial charge in [-0.1, -0.05) is 120 Å². The van der Waals surface area contributed by atoms with Crippen molar-refractivity contribution in [1.29, 1.82) is 0 Å². The zero-order chi connectivity index (χ0) is 18.9. The van der Waals surface area contributed by atoms with Crippen molar-refractivity contribution in [1.82, 2.24) is 0 Å². The summed E-state index contributed by atoms with van der Waals surface area (Å²) in [6, 6.07) is 38.2. The van der Waals surface area contributed by atoms with Gasteiger partial charge in [0.1, 0.15) is 0 Å². The van der Waals surface area contributed by atoms with E-state index < -0.39 is 0 Å². The predicted molar refractivity (Wildman–Crippen MR) is 127 cm³/mol. The normalized spacial score (nSPS) is 12.8. The molecule has 6 aromatic rings. The van der Waals surface area contributed by atoms with Gasteiger partial charge in [-0.2, -0.15) is 0 Å². The fraction of sp³-hybridized carbons (Fsp3) is 0. The molecule has 0 radical (unpaired) electrons. The summed E-state index contributed by atoms with van der Waals surface area (Å²) >= 11 is 0. The van der Waals surface area contributed by atoms with Crippen LogP contribution < -0.4 is 16.4 Å². The molecule has 0 unspecified atom stereocenters. The summed E-state index contributed by atoms with van der Waals surface area (Å²) in [6.07, 6.45) is 0. The van der Waals surface area contributed by atoms with Crippen LogP contribution in [-0.2, 0) is 0 Å². The van der Waals surface area contributed by atoms with Crippen LogP contribution in [0.4, 0.5) is 0 Å². The third-order valence-electron chi connectivity index (χ3n) is 6.66. The van der Waals surface area contributed by atoms with Crippen molar-refractivity contribution in [2.24, 2.45) is 0 Å². The molecule has 1 aliphatic heterocycles. The van der Waals surface area contributed by atoms with Crippen molar-refractivity contribution < 1.29 is 0 Å². The molecule has 0 amide bonds. The van der Waals surface area contributed by atoms with Crippen molar-refractivity contribution >= 4 is 55.4 Å². The van der Waals surface area contributed by atoms with E-state index in [1.165, 1.54) is 59.8 Å². The summed E-state index contributed by atoms with van der Waals surface area (Å²) < 4.78 is 0. The molecule has 0 spiro atoms. The van der Waals surface area contributed by atoms with Gasteiger partial charge in [-0.25, -0.2) is 0 Å². The molecular weight excluding hydrogens is 347 g/mol. The van der Waals surface area contributed by atoms with Crippen LogP contribution in [0, 0.1) is 0 Å². The zero-order valence-corrected chi connectivity index (χ0v) is 15.9. The monoisotopic (exact) mass is 364 g/mol. The van der Waals surface area contributed by atoms with Crippen molar-refractivity contribution in [3.63, 3.8) is 0 Å². The molecule has 0 N–H and O–H groups in total. The second kappa shape index (κ2) is 5.49. The maximum atomic E-state index is 2.45. The molecule has 1 heteroatoms. The van der Waals surface area contributed by atoms with E-state index in [0.29, 0.717) is 0 Å².